The lowest BCUT2D eigenvalue weighted by Gasteiger charge is -2.55. The number of allylic oxidation sites excluding steroid dienone is 4. The zero-order valence-electron chi connectivity index (χ0n) is 16.3. The van der Waals surface area contributed by atoms with Gasteiger partial charge in [0.2, 0.25) is 0 Å². The molecule has 0 heterocycles. The third kappa shape index (κ3) is 2.62. The molecule has 0 N–H and O–H groups in total. The Hall–Kier alpha value is -1.05. The Bertz CT molecular complexity index is 616. The molecule has 0 aromatic rings. The highest BCUT2D eigenvalue weighted by Gasteiger charge is 2.58. The fraction of sp³-hybridized carbons (Fsp3) is 0.783. The summed E-state index contributed by atoms with van der Waals surface area (Å²) in [5.74, 6) is 3.85. The first kappa shape index (κ1) is 17.4. The van der Waals surface area contributed by atoms with Gasteiger partial charge in [-0.2, -0.15) is 0 Å². The van der Waals surface area contributed by atoms with Gasteiger partial charge in [-0.05, 0) is 73.3 Å². The van der Waals surface area contributed by atoms with Crippen LogP contribution in [-0.2, 0) is 9.53 Å². The van der Waals surface area contributed by atoms with Crippen LogP contribution in [0.2, 0.25) is 0 Å². The highest BCUT2D eigenvalue weighted by atomic mass is 16.5. The molecule has 138 valence electrons. The van der Waals surface area contributed by atoms with Gasteiger partial charge in [0, 0.05) is 18.3 Å². The van der Waals surface area contributed by atoms with Crippen molar-refractivity contribution in [2.24, 2.45) is 28.6 Å². The van der Waals surface area contributed by atoms with E-state index in [0.29, 0.717) is 17.1 Å². The van der Waals surface area contributed by atoms with Crippen LogP contribution in [-0.4, -0.2) is 12.4 Å². The predicted octanol–water partition coefficient (Wildman–Crippen LogP) is 5.83. The van der Waals surface area contributed by atoms with Crippen LogP contribution in [0.15, 0.2) is 23.5 Å². The number of unbranched alkanes of at least 4 members (excludes halogenated alkanes) is 1. The number of fused-ring (bicyclic) bond motifs is 5. The number of hydrogen-bond donors (Lipinski definition) is 0. The first-order chi connectivity index (χ1) is 12.0. The summed E-state index contributed by atoms with van der Waals surface area (Å²) in [6.07, 6.45) is 15.0. The van der Waals surface area contributed by atoms with Gasteiger partial charge in [0.15, 0.2) is 0 Å². The molecule has 2 heteroatoms. The van der Waals surface area contributed by atoms with Crippen molar-refractivity contribution in [1.82, 2.24) is 0 Å². The number of carbonyl (C=O) groups is 1. The van der Waals surface area contributed by atoms with Gasteiger partial charge >= 0.3 is 0 Å². The number of rotatable bonds is 4. The van der Waals surface area contributed by atoms with Gasteiger partial charge < -0.3 is 4.74 Å². The molecule has 0 unspecified atom stereocenters. The van der Waals surface area contributed by atoms with Gasteiger partial charge in [-0.25, -0.2) is 0 Å². The van der Waals surface area contributed by atoms with E-state index in [1.54, 1.807) is 0 Å². The van der Waals surface area contributed by atoms with E-state index in [-0.39, 0.29) is 5.41 Å². The maximum Gasteiger partial charge on any atom is 0.139 e. The normalized spacial score (nSPS) is 42.8. The maximum absolute atomic E-state index is 12.5. The summed E-state index contributed by atoms with van der Waals surface area (Å²) in [5.41, 5.74) is 1.81. The molecule has 0 bridgehead atoms. The number of carbonyl (C=O) groups excluding carboxylic acids is 1. The number of ether oxygens (including phenoxy) is 1. The largest absolute Gasteiger partial charge is 0.498 e. The van der Waals surface area contributed by atoms with Crippen LogP contribution in [0, 0.1) is 28.6 Å². The van der Waals surface area contributed by atoms with Crippen molar-refractivity contribution in [1.29, 1.82) is 0 Å². The molecule has 2 fully saturated rings. The highest BCUT2D eigenvalue weighted by molar-refractivity contribution is 5.87. The van der Waals surface area contributed by atoms with Crippen LogP contribution < -0.4 is 0 Å². The van der Waals surface area contributed by atoms with Crippen LogP contribution in [0.3, 0.4) is 0 Å². The van der Waals surface area contributed by atoms with E-state index in [1.807, 2.05) is 0 Å². The quantitative estimate of drug-likeness (QED) is 0.601. The van der Waals surface area contributed by atoms with Gasteiger partial charge in [-0.1, -0.05) is 33.3 Å². The van der Waals surface area contributed by atoms with Crippen molar-refractivity contribution in [3.8, 4) is 0 Å². The van der Waals surface area contributed by atoms with Gasteiger partial charge in [0.05, 0.1) is 12.4 Å². The molecule has 5 atom stereocenters. The Kier molecular flexibility index (Phi) is 4.37. The molecule has 0 aromatic carbocycles. The Morgan fingerprint density at radius 1 is 1.12 bits per heavy atom. The van der Waals surface area contributed by atoms with Gasteiger partial charge in [0.25, 0.3) is 0 Å². The van der Waals surface area contributed by atoms with Crippen molar-refractivity contribution in [2.75, 3.05) is 6.61 Å². The topological polar surface area (TPSA) is 26.3 Å². The van der Waals surface area contributed by atoms with Crippen LogP contribution in [0.1, 0.15) is 78.6 Å². The summed E-state index contributed by atoms with van der Waals surface area (Å²) in [6.45, 7) is 7.84. The third-order valence-electron chi connectivity index (χ3n) is 8.23. The van der Waals surface area contributed by atoms with Crippen molar-refractivity contribution in [2.45, 2.75) is 78.6 Å². The minimum atomic E-state index is -0.0121. The Morgan fingerprint density at radius 3 is 2.72 bits per heavy atom. The van der Waals surface area contributed by atoms with Gasteiger partial charge in [-0.15, -0.1) is 0 Å². The van der Waals surface area contributed by atoms with Gasteiger partial charge in [0.1, 0.15) is 5.78 Å². The number of hydrogen-bond acceptors (Lipinski definition) is 2. The minimum Gasteiger partial charge on any atom is -0.498 e. The molecule has 4 aliphatic carbocycles. The lowest BCUT2D eigenvalue weighted by molar-refractivity contribution is -0.131. The number of Topliss-reactive ketones (excluding diaryl/α,β-unsaturated/α-hetero) is 1. The molecule has 0 aromatic heterocycles. The zero-order chi connectivity index (χ0) is 17.7. The molecule has 4 rings (SSSR count). The molecule has 0 spiro atoms. The Labute approximate surface area is 153 Å². The minimum absolute atomic E-state index is 0.0121. The second-order valence-corrected chi connectivity index (χ2v) is 9.42. The summed E-state index contributed by atoms with van der Waals surface area (Å²) < 4.78 is 6.03. The predicted molar refractivity (Wildman–Crippen MR) is 101 cm³/mol. The zero-order valence-corrected chi connectivity index (χ0v) is 16.3. The first-order valence-electron chi connectivity index (χ1n) is 10.6. The summed E-state index contributed by atoms with van der Waals surface area (Å²) >= 11 is 0. The van der Waals surface area contributed by atoms with E-state index in [0.717, 1.165) is 50.5 Å². The van der Waals surface area contributed by atoms with Crippen molar-refractivity contribution in [3.63, 3.8) is 0 Å². The summed E-state index contributed by atoms with van der Waals surface area (Å²) in [4.78, 5) is 12.5. The molecule has 0 amide bonds. The standard InChI is InChI=1S/C23H34O2/c1-4-5-14-25-17-10-12-22(2)16(15-17)6-7-18-19-8-9-21(24)23(19,3)13-11-20(18)22/h6,15,18-20H,4-5,7-14H2,1-3H3/t18-,19-,20-,22-,23-/m0/s1. The van der Waals surface area contributed by atoms with E-state index in [2.05, 4.69) is 32.9 Å². The van der Waals surface area contributed by atoms with E-state index in [9.17, 15) is 4.79 Å². The fourth-order valence-corrected chi connectivity index (χ4v) is 6.53. The summed E-state index contributed by atoms with van der Waals surface area (Å²) in [5, 5.41) is 0. The maximum atomic E-state index is 12.5. The lowest BCUT2D eigenvalue weighted by Crippen LogP contribution is -2.49. The second kappa shape index (κ2) is 6.28. The van der Waals surface area contributed by atoms with Gasteiger partial charge in [-0.3, -0.25) is 4.79 Å². The van der Waals surface area contributed by atoms with Crippen LogP contribution in [0.5, 0.6) is 0 Å². The lowest BCUT2D eigenvalue weighted by atomic mass is 9.49. The Balaban J connectivity index is 1.57. The molecule has 25 heavy (non-hydrogen) atoms. The molecule has 0 radical (unpaired) electrons. The smallest absolute Gasteiger partial charge is 0.139 e. The molecule has 0 saturated heterocycles. The van der Waals surface area contributed by atoms with E-state index >= 15 is 0 Å². The van der Waals surface area contributed by atoms with E-state index in [4.69, 9.17) is 4.74 Å². The molecule has 2 nitrogen and oxygen atoms in total. The second-order valence-electron chi connectivity index (χ2n) is 9.42. The Morgan fingerprint density at radius 2 is 1.92 bits per heavy atom. The third-order valence-corrected chi connectivity index (χ3v) is 8.23. The van der Waals surface area contributed by atoms with Crippen molar-refractivity contribution < 1.29 is 9.53 Å². The van der Waals surface area contributed by atoms with Crippen LogP contribution in [0.25, 0.3) is 0 Å². The average molecular weight is 343 g/mol. The SMILES string of the molecule is CCCCOC1=CC2=CC[C@@H]3[C@H](CC[C@]4(C)C(=O)CC[C@@H]34)[C@@]2(C)CC1. The summed E-state index contributed by atoms with van der Waals surface area (Å²) in [6, 6.07) is 0. The van der Waals surface area contributed by atoms with E-state index in [1.165, 1.54) is 37.0 Å². The monoisotopic (exact) mass is 342 g/mol. The van der Waals surface area contributed by atoms with Crippen molar-refractivity contribution in [3.05, 3.63) is 23.5 Å². The molecule has 4 aliphatic rings. The van der Waals surface area contributed by atoms with Crippen LogP contribution >= 0.6 is 0 Å². The molecular formula is C23H34O2. The highest BCUT2D eigenvalue weighted by Crippen LogP contribution is 2.63. The van der Waals surface area contributed by atoms with Crippen LogP contribution in [0.4, 0.5) is 0 Å². The average Bonchev–Trinajstić information content (AvgIpc) is 2.90. The molecular weight excluding hydrogens is 308 g/mol. The molecule has 0 aliphatic heterocycles. The number of ketones is 1. The summed E-state index contributed by atoms with van der Waals surface area (Å²) in [7, 11) is 0. The fourth-order valence-electron chi connectivity index (χ4n) is 6.53. The van der Waals surface area contributed by atoms with E-state index < -0.39 is 0 Å². The first-order valence-corrected chi connectivity index (χ1v) is 10.6. The molecule has 2 saturated carbocycles. The van der Waals surface area contributed by atoms with Crippen molar-refractivity contribution >= 4 is 5.78 Å².